The van der Waals surface area contributed by atoms with Crippen LogP contribution in [0, 0.1) is 3.57 Å². The van der Waals surface area contributed by atoms with E-state index in [0.29, 0.717) is 65.0 Å². The highest BCUT2D eigenvalue weighted by Crippen LogP contribution is 2.31. The van der Waals surface area contributed by atoms with Crippen molar-refractivity contribution in [3.8, 4) is 5.75 Å². The van der Waals surface area contributed by atoms with Gasteiger partial charge in [0.1, 0.15) is 16.5 Å². The van der Waals surface area contributed by atoms with Gasteiger partial charge in [-0.15, -0.1) is 0 Å². The first kappa shape index (κ1) is 27.0. The number of amides is 1. The average Bonchev–Trinajstić information content (AvgIpc) is 2.92. The molecule has 4 rings (SSSR count). The molecule has 2 aromatic carbocycles. The molecule has 0 aliphatic carbocycles. The summed E-state index contributed by atoms with van der Waals surface area (Å²) in [6.45, 7) is 4.41. The standard InChI is InChI=1S/C24H27IN6O5S/c1-3-36-20-14-16(23(32)31-10-12-35-13-11-31)8-9-18(20)29-24-27-15-17(25)22(30-24)28-19-6-4-5-7-21(19)37(33,34)26-2/h4-9,14-15,26H,3,10-13H2,1-2H3,(H2,27,28,29,30). The molecule has 1 saturated heterocycles. The second-order valence-electron chi connectivity index (χ2n) is 7.89. The van der Waals surface area contributed by atoms with Gasteiger partial charge in [0.25, 0.3) is 5.91 Å². The summed E-state index contributed by atoms with van der Waals surface area (Å²) in [7, 11) is -2.32. The van der Waals surface area contributed by atoms with Crippen LogP contribution >= 0.6 is 22.6 Å². The molecule has 11 nitrogen and oxygen atoms in total. The van der Waals surface area contributed by atoms with Gasteiger partial charge in [0.15, 0.2) is 0 Å². The van der Waals surface area contributed by atoms with Crippen molar-refractivity contribution in [2.24, 2.45) is 0 Å². The second kappa shape index (κ2) is 12.0. The molecule has 0 atom stereocenters. The molecule has 13 heteroatoms. The number of carbonyl (C=O) groups excluding carboxylic acids is 1. The van der Waals surface area contributed by atoms with E-state index < -0.39 is 10.0 Å². The van der Waals surface area contributed by atoms with Crippen molar-refractivity contribution >= 4 is 61.7 Å². The molecule has 1 aromatic heterocycles. The molecule has 3 N–H and O–H groups in total. The molecule has 1 aliphatic rings. The average molecular weight is 638 g/mol. The Balaban J connectivity index is 1.59. The summed E-state index contributed by atoms with van der Waals surface area (Å²) >= 11 is 2.07. The number of rotatable bonds is 9. The lowest BCUT2D eigenvalue weighted by Crippen LogP contribution is -2.40. The van der Waals surface area contributed by atoms with Crippen molar-refractivity contribution in [2.45, 2.75) is 11.8 Å². The van der Waals surface area contributed by atoms with E-state index in [9.17, 15) is 13.2 Å². The topological polar surface area (TPSA) is 135 Å². The van der Waals surface area contributed by atoms with Crippen LogP contribution in [-0.2, 0) is 14.8 Å². The molecule has 2 heterocycles. The van der Waals surface area contributed by atoms with Crippen LogP contribution in [0.15, 0.2) is 53.6 Å². The maximum Gasteiger partial charge on any atom is 0.254 e. The fourth-order valence-electron chi connectivity index (χ4n) is 3.66. The van der Waals surface area contributed by atoms with E-state index in [4.69, 9.17) is 9.47 Å². The van der Waals surface area contributed by atoms with Crippen molar-refractivity contribution in [3.05, 3.63) is 57.8 Å². The molecule has 1 aliphatic heterocycles. The Hall–Kier alpha value is -3.01. The van der Waals surface area contributed by atoms with E-state index in [-0.39, 0.29) is 16.8 Å². The minimum Gasteiger partial charge on any atom is -0.492 e. The van der Waals surface area contributed by atoms with E-state index in [1.807, 2.05) is 6.92 Å². The molecule has 0 spiro atoms. The quantitative estimate of drug-likeness (QED) is 0.302. The van der Waals surface area contributed by atoms with Crippen LogP contribution in [0.1, 0.15) is 17.3 Å². The number of ether oxygens (including phenoxy) is 2. The van der Waals surface area contributed by atoms with E-state index in [1.54, 1.807) is 47.5 Å². The Morgan fingerprint density at radius 3 is 2.62 bits per heavy atom. The number of para-hydroxylation sites is 1. The van der Waals surface area contributed by atoms with Gasteiger partial charge < -0.3 is 25.0 Å². The number of sulfonamides is 1. The van der Waals surface area contributed by atoms with Crippen LogP contribution in [0.3, 0.4) is 0 Å². The third kappa shape index (κ3) is 6.47. The molecular formula is C24H27IN6O5S. The SMILES string of the molecule is CCOc1cc(C(=O)N2CCOCC2)ccc1Nc1ncc(I)c(Nc2ccccc2S(=O)(=O)NC)n1. The summed E-state index contributed by atoms with van der Waals surface area (Å²) in [6, 6.07) is 11.7. The highest BCUT2D eigenvalue weighted by molar-refractivity contribution is 14.1. The van der Waals surface area contributed by atoms with E-state index in [0.717, 1.165) is 0 Å². The van der Waals surface area contributed by atoms with Crippen LogP contribution in [-0.4, -0.2) is 69.2 Å². The Labute approximate surface area is 229 Å². The Morgan fingerprint density at radius 2 is 1.89 bits per heavy atom. The van der Waals surface area contributed by atoms with Gasteiger partial charge in [0.2, 0.25) is 16.0 Å². The lowest BCUT2D eigenvalue weighted by atomic mass is 10.1. The van der Waals surface area contributed by atoms with Gasteiger partial charge >= 0.3 is 0 Å². The Bertz CT molecular complexity index is 1380. The molecule has 3 aromatic rings. The van der Waals surface area contributed by atoms with Gasteiger partial charge in [0.05, 0.1) is 34.8 Å². The lowest BCUT2D eigenvalue weighted by molar-refractivity contribution is 0.0302. The number of carbonyl (C=O) groups is 1. The van der Waals surface area contributed by atoms with Crippen molar-refractivity contribution in [3.63, 3.8) is 0 Å². The number of hydrogen-bond donors (Lipinski definition) is 3. The fraction of sp³-hybridized carbons (Fsp3) is 0.292. The Kier molecular flexibility index (Phi) is 8.79. The highest BCUT2D eigenvalue weighted by Gasteiger charge is 2.21. The highest BCUT2D eigenvalue weighted by atomic mass is 127. The van der Waals surface area contributed by atoms with Gasteiger partial charge in [-0.1, -0.05) is 12.1 Å². The molecule has 1 fully saturated rings. The summed E-state index contributed by atoms with van der Waals surface area (Å²) in [5, 5.41) is 6.24. The van der Waals surface area contributed by atoms with Crippen LogP contribution < -0.4 is 20.1 Å². The summed E-state index contributed by atoms with van der Waals surface area (Å²) in [4.78, 5) is 23.7. The molecular weight excluding hydrogens is 611 g/mol. The molecule has 0 saturated carbocycles. The molecule has 0 bridgehead atoms. The number of anilines is 4. The van der Waals surface area contributed by atoms with Gasteiger partial charge in [-0.25, -0.2) is 18.1 Å². The summed E-state index contributed by atoms with van der Waals surface area (Å²) < 4.78 is 39.0. The first-order valence-electron chi connectivity index (χ1n) is 11.6. The molecule has 0 unspecified atom stereocenters. The predicted molar refractivity (Wildman–Crippen MR) is 148 cm³/mol. The third-order valence-electron chi connectivity index (χ3n) is 5.52. The van der Waals surface area contributed by atoms with Crippen molar-refractivity contribution in [1.29, 1.82) is 0 Å². The predicted octanol–water partition coefficient (Wildman–Crippen LogP) is 3.35. The zero-order chi connectivity index (χ0) is 26.4. The lowest BCUT2D eigenvalue weighted by Gasteiger charge is -2.27. The summed E-state index contributed by atoms with van der Waals surface area (Å²) in [5.74, 6) is 1.10. The molecule has 1 amide bonds. The van der Waals surface area contributed by atoms with Crippen LogP contribution in [0.4, 0.5) is 23.1 Å². The maximum absolute atomic E-state index is 12.9. The number of nitrogens with one attached hydrogen (secondary N) is 3. The largest absolute Gasteiger partial charge is 0.492 e. The molecule has 37 heavy (non-hydrogen) atoms. The van der Waals surface area contributed by atoms with Gasteiger partial charge in [-0.2, -0.15) is 4.98 Å². The van der Waals surface area contributed by atoms with Crippen molar-refractivity contribution < 1.29 is 22.7 Å². The first-order chi connectivity index (χ1) is 17.8. The van der Waals surface area contributed by atoms with E-state index in [1.165, 1.54) is 13.1 Å². The second-order valence-corrected chi connectivity index (χ2v) is 10.9. The normalized spacial score (nSPS) is 13.8. The monoisotopic (exact) mass is 638 g/mol. The minimum absolute atomic E-state index is 0.0806. The van der Waals surface area contributed by atoms with Gasteiger partial charge in [-0.3, -0.25) is 4.79 Å². The summed E-state index contributed by atoms with van der Waals surface area (Å²) in [5.41, 5.74) is 1.48. The maximum atomic E-state index is 12.9. The number of morpholine rings is 1. The zero-order valence-electron chi connectivity index (χ0n) is 20.3. The number of hydrogen-bond acceptors (Lipinski definition) is 9. The zero-order valence-corrected chi connectivity index (χ0v) is 23.3. The van der Waals surface area contributed by atoms with Crippen LogP contribution in [0.5, 0.6) is 5.75 Å². The van der Waals surface area contributed by atoms with E-state index >= 15 is 0 Å². The third-order valence-corrected chi connectivity index (χ3v) is 7.78. The first-order valence-corrected chi connectivity index (χ1v) is 14.1. The number of halogens is 1. The fourth-order valence-corrected chi connectivity index (χ4v) is 4.94. The van der Waals surface area contributed by atoms with Crippen LogP contribution in [0.25, 0.3) is 0 Å². The van der Waals surface area contributed by atoms with E-state index in [2.05, 4.69) is 47.9 Å². The van der Waals surface area contributed by atoms with Crippen LogP contribution in [0.2, 0.25) is 0 Å². The molecule has 0 radical (unpaired) electrons. The van der Waals surface area contributed by atoms with Crippen molar-refractivity contribution in [2.75, 3.05) is 50.6 Å². The molecule has 196 valence electrons. The van der Waals surface area contributed by atoms with Crippen molar-refractivity contribution in [1.82, 2.24) is 19.6 Å². The van der Waals surface area contributed by atoms with Gasteiger partial charge in [0, 0.05) is 24.8 Å². The smallest absolute Gasteiger partial charge is 0.254 e. The summed E-state index contributed by atoms with van der Waals surface area (Å²) in [6.07, 6.45) is 1.62. The number of nitrogens with zero attached hydrogens (tertiary/aromatic N) is 3. The van der Waals surface area contributed by atoms with Gasteiger partial charge in [-0.05, 0) is 66.9 Å². The Morgan fingerprint density at radius 1 is 1.14 bits per heavy atom. The number of aromatic nitrogens is 2. The minimum atomic E-state index is -3.68. The number of benzene rings is 2.